The monoisotopic (exact) mass is 569 g/mol. The Balaban J connectivity index is 1.33. The van der Waals surface area contributed by atoms with Crippen molar-refractivity contribution in [3.63, 3.8) is 0 Å². The summed E-state index contributed by atoms with van der Waals surface area (Å²) in [6, 6.07) is 1.58. The fraction of sp³-hybridized carbons (Fsp3) is 0.615. The van der Waals surface area contributed by atoms with Crippen molar-refractivity contribution in [2.24, 2.45) is 0 Å². The second kappa shape index (κ2) is 9.06. The van der Waals surface area contributed by atoms with Crippen LogP contribution in [0.2, 0.25) is 0 Å². The van der Waals surface area contributed by atoms with Crippen LogP contribution in [0.4, 0.5) is 17.5 Å². The van der Waals surface area contributed by atoms with Crippen molar-refractivity contribution < 1.29 is 18.3 Å². The van der Waals surface area contributed by atoms with Crippen molar-refractivity contribution in [2.45, 2.75) is 69.8 Å². The summed E-state index contributed by atoms with van der Waals surface area (Å²) in [7, 11) is -3.66. The van der Waals surface area contributed by atoms with Crippen LogP contribution in [-0.2, 0) is 26.6 Å². The molecule has 0 aromatic carbocycles. The smallest absolute Gasteiger partial charge is 0.246 e. The van der Waals surface area contributed by atoms with E-state index in [9.17, 15) is 18.3 Å². The third-order valence-corrected chi connectivity index (χ3v) is 11.2. The molecule has 1 unspecified atom stereocenters. The van der Waals surface area contributed by atoms with E-state index in [2.05, 4.69) is 38.9 Å². The average Bonchev–Trinajstić information content (AvgIpc) is 3.46. The van der Waals surface area contributed by atoms with E-state index < -0.39 is 27.1 Å². The van der Waals surface area contributed by atoms with Gasteiger partial charge in [-0.25, -0.2) is 28.1 Å². The maximum absolute atomic E-state index is 13.5. The fourth-order valence-corrected chi connectivity index (χ4v) is 7.95. The first-order valence-electron chi connectivity index (χ1n) is 13.7. The van der Waals surface area contributed by atoms with Gasteiger partial charge in [0.05, 0.1) is 24.1 Å². The van der Waals surface area contributed by atoms with Crippen molar-refractivity contribution in [3.8, 4) is 0 Å². The number of aromatic nitrogens is 6. The number of aliphatic hydroxyl groups excluding tert-OH is 1. The Hall–Kier alpha value is -3.39. The summed E-state index contributed by atoms with van der Waals surface area (Å²) in [5, 5.41) is 18.3. The molecule has 3 atom stereocenters. The number of rotatable bonds is 5. The first kappa shape index (κ1) is 26.8. The average molecular weight is 570 g/mol. The molecule has 0 spiro atoms. The summed E-state index contributed by atoms with van der Waals surface area (Å²) < 4.78 is 25.2. The van der Waals surface area contributed by atoms with Gasteiger partial charge in [-0.3, -0.25) is 4.79 Å². The molecule has 1 amide bonds. The third-order valence-electron chi connectivity index (χ3n) is 8.79. The zero-order chi connectivity index (χ0) is 28.6. The summed E-state index contributed by atoms with van der Waals surface area (Å²) in [6.45, 7) is 11.7. The molecule has 6 rings (SSSR count). The number of nitrogens with zero attached hydrogens (tertiary/aromatic N) is 9. The van der Waals surface area contributed by atoms with E-state index in [1.807, 2.05) is 31.5 Å². The van der Waals surface area contributed by atoms with Gasteiger partial charge < -0.3 is 19.8 Å². The number of aryl methyl sites for hydroxylation is 1. The van der Waals surface area contributed by atoms with Gasteiger partial charge in [-0.15, -0.1) is 5.10 Å². The minimum Gasteiger partial charge on any atom is -0.394 e. The molecule has 3 aromatic rings. The number of pyridine rings is 1. The number of hydrogen-bond donors (Lipinski definition) is 1. The molecular formula is C26H35N9O4S. The zero-order valence-electron chi connectivity index (χ0n) is 23.4. The minimum atomic E-state index is -3.66. The molecule has 0 aliphatic carbocycles. The second-order valence-corrected chi connectivity index (χ2v) is 14.3. The van der Waals surface area contributed by atoms with E-state index in [-0.39, 0.29) is 29.7 Å². The number of hydrogen-bond acceptors (Lipinski definition) is 11. The van der Waals surface area contributed by atoms with Gasteiger partial charge in [0.2, 0.25) is 5.91 Å². The van der Waals surface area contributed by atoms with Gasteiger partial charge in [0.1, 0.15) is 29.3 Å². The minimum absolute atomic E-state index is 0.0685. The van der Waals surface area contributed by atoms with Gasteiger partial charge in [-0.1, -0.05) is 19.1 Å². The molecule has 14 heteroatoms. The molecule has 214 valence electrons. The van der Waals surface area contributed by atoms with Crippen LogP contribution in [0, 0.1) is 0 Å². The number of piperazine rings is 1. The Kier molecular flexibility index (Phi) is 6.07. The van der Waals surface area contributed by atoms with E-state index in [1.165, 1.54) is 0 Å². The van der Waals surface area contributed by atoms with Gasteiger partial charge in [0.25, 0.3) is 0 Å². The molecular weight excluding hydrogens is 534 g/mol. The highest BCUT2D eigenvalue weighted by Gasteiger charge is 2.60. The van der Waals surface area contributed by atoms with Gasteiger partial charge >= 0.3 is 0 Å². The van der Waals surface area contributed by atoms with Crippen molar-refractivity contribution in [2.75, 3.05) is 41.8 Å². The number of fused-ring (bicyclic) bond motifs is 2. The van der Waals surface area contributed by atoms with Crippen molar-refractivity contribution in [1.29, 1.82) is 0 Å². The predicted molar refractivity (Wildman–Crippen MR) is 149 cm³/mol. The van der Waals surface area contributed by atoms with Crippen LogP contribution in [0.25, 0.3) is 11.0 Å². The highest BCUT2D eigenvalue weighted by molar-refractivity contribution is 7.95. The van der Waals surface area contributed by atoms with E-state index in [0.717, 1.165) is 34.1 Å². The first-order chi connectivity index (χ1) is 18.9. The molecule has 2 saturated heterocycles. The molecule has 0 saturated carbocycles. The Morgan fingerprint density at radius 1 is 1.12 bits per heavy atom. The quantitative estimate of drug-likeness (QED) is 0.469. The molecule has 13 nitrogen and oxygen atoms in total. The largest absolute Gasteiger partial charge is 0.394 e. The predicted octanol–water partition coefficient (Wildman–Crippen LogP) is 1.04. The Bertz CT molecular complexity index is 1600. The molecule has 40 heavy (non-hydrogen) atoms. The van der Waals surface area contributed by atoms with Crippen LogP contribution in [0.15, 0.2) is 18.6 Å². The van der Waals surface area contributed by atoms with Gasteiger partial charge in [-0.2, -0.15) is 0 Å². The van der Waals surface area contributed by atoms with Crippen LogP contribution >= 0.6 is 0 Å². The molecule has 0 bridgehead atoms. The number of anilines is 3. The third kappa shape index (κ3) is 3.71. The van der Waals surface area contributed by atoms with Crippen LogP contribution in [-0.4, -0.2) is 103 Å². The summed E-state index contributed by atoms with van der Waals surface area (Å²) in [5.41, 5.74) is 2.35. The van der Waals surface area contributed by atoms with E-state index in [1.54, 1.807) is 17.4 Å². The normalized spacial score (nSPS) is 27.1. The van der Waals surface area contributed by atoms with Crippen LogP contribution in [0.5, 0.6) is 0 Å². The Labute approximate surface area is 233 Å². The number of amides is 1. The highest BCUT2D eigenvalue weighted by atomic mass is 32.2. The lowest BCUT2D eigenvalue weighted by atomic mass is 9.87. The number of carbonyl (C=O) groups excluding carboxylic acids is 1. The van der Waals surface area contributed by atoms with Crippen LogP contribution in [0.1, 0.15) is 46.6 Å². The van der Waals surface area contributed by atoms with E-state index >= 15 is 0 Å². The van der Waals surface area contributed by atoms with Crippen molar-refractivity contribution >= 4 is 44.2 Å². The van der Waals surface area contributed by atoms with Gasteiger partial charge in [0, 0.05) is 55.3 Å². The molecule has 3 aliphatic heterocycles. The van der Waals surface area contributed by atoms with E-state index in [0.29, 0.717) is 26.2 Å². The summed E-state index contributed by atoms with van der Waals surface area (Å²) in [4.78, 5) is 33.5. The number of aliphatic hydroxyl groups is 1. The summed E-state index contributed by atoms with van der Waals surface area (Å²) >= 11 is 0. The van der Waals surface area contributed by atoms with Crippen LogP contribution < -0.4 is 9.80 Å². The summed E-state index contributed by atoms with van der Waals surface area (Å²) in [6.07, 6.45) is 3.46. The van der Waals surface area contributed by atoms with Crippen LogP contribution in [0.3, 0.4) is 0 Å². The second-order valence-electron chi connectivity index (χ2n) is 11.8. The molecule has 2 fully saturated rings. The molecule has 1 N–H and O–H groups in total. The summed E-state index contributed by atoms with van der Waals surface area (Å²) in [5.74, 6) is 1.78. The van der Waals surface area contributed by atoms with Gasteiger partial charge in [-0.05, 0) is 27.2 Å². The lowest BCUT2D eigenvalue weighted by molar-refractivity contribution is -0.138. The molecule has 3 aliphatic rings. The highest BCUT2D eigenvalue weighted by Crippen LogP contribution is 2.47. The number of sulfone groups is 1. The van der Waals surface area contributed by atoms with Gasteiger partial charge in [0.15, 0.2) is 14.6 Å². The zero-order valence-corrected chi connectivity index (χ0v) is 24.3. The maximum Gasteiger partial charge on any atom is 0.246 e. The molecule has 3 aromatic heterocycles. The lowest BCUT2D eigenvalue weighted by Crippen LogP contribution is -2.68. The lowest BCUT2D eigenvalue weighted by Gasteiger charge is -2.49. The van der Waals surface area contributed by atoms with E-state index in [4.69, 9.17) is 9.97 Å². The topological polar surface area (TPSA) is 151 Å². The Morgan fingerprint density at radius 3 is 2.52 bits per heavy atom. The fourth-order valence-electron chi connectivity index (χ4n) is 6.34. The first-order valence-corrected chi connectivity index (χ1v) is 15.3. The SMILES string of the molecule is CCn1nnc2cnc(N3CC(C)(C)c4c3ncnc4N3C[C@@H](C)N(C(=O)C4(CO)CCS4(=O)=O)C[C@@H]3C)cc21. The Morgan fingerprint density at radius 2 is 1.88 bits per heavy atom. The molecule has 0 radical (unpaired) electrons. The maximum atomic E-state index is 13.5. The molecule has 6 heterocycles. The van der Waals surface area contributed by atoms with Crippen molar-refractivity contribution in [3.05, 3.63) is 24.2 Å². The number of carbonyl (C=O) groups is 1. The standard InChI is InChI=1S/C26H35N9O4S/c1-6-35-19-9-20(27-10-18(19)30-31-35)34-13-25(4,5)21-22(28-15-29-23(21)34)32-11-17(3)33(12-16(32)2)24(37)26(14-36)7-8-40(26,38)39/h9-10,15-17,36H,6-8,11-14H2,1-5H3/t16-,17+,26?/m0/s1. The van der Waals surface area contributed by atoms with Crippen molar-refractivity contribution in [1.82, 2.24) is 34.8 Å².